The van der Waals surface area contributed by atoms with Crippen molar-refractivity contribution in [3.8, 4) is 11.1 Å². The van der Waals surface area contributed by atoms with Gasteiger partial charge in [0.15, 0.2) is 0 Å². The summed E-state index contributed by atoms with van der Waals surface area (Å²) in [7, 11) is 0. The summed E-state index contributed by atoms with van der Waals surface area (Å²) in [6.45, 7) is 6.94. The summed E-state index contributed by atoms with van der Waals surface area (Å²) in [5.74, 6) is 0. The zero-order valence-corrected chi connectivity index (χ0v) is 16.2. The van der Waals surface area contributed by atoms with Crippen LogP contribution < -0.4 is 0 Å². The minimum absolute atomic E-state index is 0.214. The van der Waals surface area contributed by atoms with Gasteiger partial charge in [-0.1, -0.05) is 105 Å². The predicted octanol–water partition coefficient (Wildman–Crippen LogP) is 7.65. The Balaban J connectivity index is 1.74. The molecule has 0 amide bonds. The molecule has 0 N–H and O–H groups in total. The molecule has 4 aromatic carbocycles. The molecule has 5 rings (SSSR count). The van der Waals surface area contributed by atoms with E-state index in [0.29, 0.717) is 0 Å². The van der Waals surface area contributed by atoms with Crippen LogP contribution in [0.5, 0.6) is 0 Å². The van der Waals surface area contributed by atoms with E-state index in [1.54, 1.807) is 0 Å². The molecule has 4 aromatic rings. The number of allylic oxidation sites excluding steroid dienone is 1. The lowest BCUT2D eigenvalue weighted by molar-refractivity contribution is 0.498. The minimum Gasteiger partial charge on any atom is -0.0616 e. The van der Waals surface area contributed by atoms with Crippen molar-refractivity contribution in [2.24, 2.45) is 5.41 Å². The molecule has 0 unspecified atom stereocenters. The van der Waals surface area contributed by atoms with Crippen LogP contribution in [0.25, 0.3) is 38.7 Å². The molecule has 0 nitrogen and oxygen atoms in total. The first-order valence-corrected chi connectivity index (χ1v) is 9.76. The van der Waals surface area contributed by atoms with Gasteiger partial charge in [0, 0.05) is 0 Å². The average Bonchev–Trinajstić information content (AvgIpc) is 3.12. The van der Waals surface area contributed by atoms with E-state index in [1.165, 1.54) is 49.4 Å². The van der Waals surface area contributed by atoms with Crippen LogP contribution in [0, 0.1) is 5.41 Å². The van der Waals surface area contributed by atoms with Gasteiger partial charge in [0.05, 0.1) is 0 Å². The lowest BCUT2D eigenvalue weighted by atomic mass is 9.84. The highest BCUT2D eigenvalue weighted by atomic mass is 14.3. The van der Waals surface area contributed by atoms with Gasteiger partial charge >= 0.3 is 0 Å². The van der Waals surface area contributed by atoms with Crippen LogP contribution in [-0.4, -0.2) is 0 Å². The molecule has 0 atom stereocenters. The van der Waals surface area contributed by atoms with Crippen molar-refractivity contribution in [2.75, 3.05) is 0 Å². The highest BCUT2D eigenvalue weighted by Crippen LogP contribution is 2.42. The van der Waals surface area contributed by atoms with E-state index < -0.39 is 0 Å². The van der Waals surface area contributed by atoms with Gasteiger partial charge in [0.1, 0.15) is 0 Å². The molecule has 0 heteroatoms. The lowest BCUT2D eigenvalue weighted by Gasteiger charge is -2.20. The Labute approximate surface area is 161 Å². The zero-order valence-electron chi connectivity index (χ0n) is 16.2. The smallest absolute Gasteiger partial charge is 0.00464 e. The van der Waals surface area contributed by atoms with E-state index in [-0.39, 0.29) is 5.41 Å². The Morgan fingerprint density at radius 1 is 0.630 bits per heavy atom. The third-order valence-electron chi connectivity index (χ3n) is 5.95. The van der Waals surface area contributed by atoms with Crippen LogP contribution in [0.15, 0.2) is 78.4 Å². The van der Waals surface area contributed by atoms with Gasteiger partial charge in [-0.05, 0) is 55.6 Å². The van der Waals surface area contributed by atoms with Crippen LogP contribution in [-0.2, 0) is 6.42 Å². The summed E-state index contributed by atoms with van der Waals surface area (Å²) in [6.07, 6.45) is 3.46. The number of fused-ring (bicyclic) bond motifs is 4. The first-order chi connectivity index (χ1) is 13.0. The molecular weight excluding hydrogens is 324 g/mol. The molecule has 0 heterocycles. The van der Waals surface area contributed by atoms with E-state index in [2.05, 4.69) is 99.6 Å². The predicted molar refractivity (Wildman–Crippen MR) is 118 cm³/mol. The fraction of sp³-hybridized carbons (Fsp3) is 0.185. The Morgan fingerprint density at radius 3 is 2.22 bits per heavy atom. The first kappa shape index (κ1) is 16.3. The summed E-state index contributed by atoms with van der Waals surface area (Å²) in [5, 5.41) is 5.31. The third-order valence-corrected chi connectivity index (χ3v) is 5.95. The molecule has 27 heavy (non-hydrogen) atoms. The number of hydrogen-bond donors (Lipinski definition) is 0. The topological polar surface area (TPSA) is 0 Å². The van der Waals surface area contributed by atoms with Gasteiger partial charge < -0.3 is 0 Å². The highest BCUT2D eigenvalue weighted by molar-refractivity contribution is 6.12. The molecule has 0 saturated heterocycles. The largest absolute Gasteiger partial charge is 0.0616 e. The maximum absolute atomic E-state index is 2.40. The Bertz CT molecular complexity index is 1220. The van der Waals surface area contributed by atoms with Crippen LogP contribution >= 0.6 is 0 Å². The molecule has 0 saturated carbocycles. The van der Waals surface area contributed by atoms with Crippen molar-refractivity contribution < 1.29 is 0 Å². The lowest BCUT2D eigenvalue weighted by Crippen LogP contribution is -2.09. The van der Waals surface area contributed by atoms with Gasteiger partial charge in [-0.3, -0.25) is 0 Å². The second kappa shape index (κ2) is 5.82. The monoisotopic (exact) mass is 348 g/mol. The van der Waals surface area contributed by atoms with Crippen LogP contribution in [0.4, 0.5) is 0 Å². The molecule has 0 aromatic heterocycles. The van der Waals surface area contributed by atoms with E-state index in [1.807, 2.05) is 0 Å². The third kappa shape index (κ3) is 2.59. The Kier molecular flexibility index (Phi) is 3.52. The maximum Gasteiger partial charge on any atom is -0.00464 e. The number of hydrogen-bond acceptors (Lipinski definition) is 0. The van der Waals surface area contributed by atoms with Gasteiger partial charge in [-0.15, -0.1) is 0 Å². The van der Waals surface area contributed by atoms with E-state index in [0.717, 1.165) is 6.42 Å². The van der Waals surface area contributed by atoms with Crippen molar-refractivity contribution in [2.45, 2.75) is 27.2 Å². The maximum atomic E-state index is 2.40. The van der Waals surface area contributed by atoms with Gasteiger partial charge in [0.2, 0.25) is 0 Å². The summed E-state index contributed by atoms with van der Waals surface area (Å²) in [4.78, 5) is 0. The summed E-state index contributed by atoms with van der Waals surface area (Å²) < 4.78 is 0. The molecule has 1 aliphatic carbocycles. The SMILES string of the molecule is CC(C)(C)C1=Cc2cccc(-c3cccc4c3ccc3ccccc34)c2C1. The van der Waals surface area contributed by atoms with Crippen LogP contribution in [0.3, 0.4) is 0 Å². The van der Waals surface area contributed by atoms with Crippen molar-refractivity contribution in [1.82, 2.24) is 0 Å². The number of rotatable bonds is 1. The second-order valence-electron chi connectivity index (χ2n) is 8.66. The first-order valence-electron chi connectivity index (χ1n) is 9.76. The second-order valence-corrected chi connectivity index (χ2v) is 8.66. The molecule has 1 aliphatic rings. The fourth-order valence-corrected chi connectivity index (χ4v) is 4.38. The molecule has 0 aliphatic heterocycles. The molecular formula is C27H24. The quantitative estimate of drug-likeness (QED) is 0.310. The molecule has 0 spiro atoms. The van der Waals surface area contributed by atoms with E-state index in [4.69, 9.17) is 0 Å². The Hall–Kier alpha value is -2.86. The minimum atomic E-state index is 0.214. The summed E-state index contributed by atoms with van der Waals surface area (Å²) >= 11 is 0. The fourth-order valence-electron chi connectivity index (χ4n) is 4.38. The van der Waals surface area contributed by atoms with E-state index in [9.17, 15) is 0 Å². The van der Waals surface area contributed by atoms with Crippen LogP contribution in [0.2, 0.25) is 0 Å². The van der Waals surface area contributed by atoms with Crippen LogP contribution in [0.1, 0.15) is 31.9 Å². The van der Waals surface area contributed by atoms with Crippen molar-refractivity contribution in [3.63, 3.8) is 0 Å². The van der Waals surface area contributed by atoms with Gasteiger partial charge in [-0.2, -0.15) is 0 Å². The standard InChI is InChI=1S/C27H24/c1-27(2,3)20-16-19-9-6-11-24(26(19)17-20)23-13-7-12-22-21-10-5-4-8-18(21)14-15-25(22)23/h4-16H,17H2,1-3H3. The van der Waals surface area contributed by atoms with Gasteiger partial charge in [-0.25, -0.2) is 0 Å². The van der Waals surface area contributed by atoms with Crippen molar-refractivity contribution in [1.29, 1.82) is 0 Å². The molecule has 132 valence electrons. The summed E-state index contributed by atoms with van der Waals surface area (Å²) in [5.41, 5.74) is 7.32. The average molecular weight is 348 g/mol. The summed E-state index contributed by atoms with van der Waals surface area (Å²) in [6, 6.07) is 26.7. The molecule has 0 radical (unpaired) electrons. The zero-order chi connectivity index (χ0) is 18.6. The van der Waals surface area contributed by atoms with Crippen molar-refractivity contribution in [3.05, 3.63) is 89.5 Å². The van der Waals surface area contributed by atoms with E-state index >= 15 is 0 Å². The molecule has 0 fully saturated rings. The number of benzene rings is 4. The Morgan fingerprint density at radius 2 is 1.37 bits per heavy atom. The normalized spacial score (nSPS) is 13.8. The highest BCUT2D eigenvalue weighted by Gasteiger charge is 2.25. The molecule has 0 bridgehead atoms. The van der Waals surface area contributed by atoms with Crippen molar-refractivity contribution >= 4 is 27.6 Å². The van der Waals surface area contributed by atoms with Gasteiger partial charge in [0.25, 0.3) is 0 Å².